The van der Waals surface area contributed by atoms with Gasteiger partial charge in [-0.1, -0.05) is 115 Å². The van der Waals surface area contributed by atoms with Crippen LogP contribution in [0.4, 0.5) is 11.4 Å². The van der Waals surface area contributed by atoms with Crippen molar-refractivity contribution in [1.29, 1.82) is 0 Å². The van der Waals surface area contributed by atoms with Gasteiger partial charge in [-0.25, -0.2) is 0 Å². The monoisotopic (exact) mass is 743 g/mol. The van der Waals surface area contributed by atoms with Crippen molar-refractivity contribution in [2.24, 2.45) is 11.0 Å². The van der Waals surface area contributed by atoms with Gasteiger partial charge in [0.1, 0.15) is 0 Å². The number of hydrogen-bond acceptors (Lipinski definition) is 4. The highest BCUT2D eigenvalue weighted by Crippen LogP contribution is 2.43. The highest BCUT2D eigenvalue weighted by molar-refractivity contribution is 7.25. The maximum absolute atomic E-state index is 4.58. The van der Waals surface area contributed by atoms with E-state index in [4.69, 9.17) is 0 Å². The summed E-state index contributed by atoms with van der Waals surface area (Å²) in [5, 5.41) is 11.2. The zero-order valence-electron chi connectivity index (χ0n) is 31.6. The lowest BCUT2D eigenvalue weighted by atomic mass is 9.78. The SMILES string of the molecule is C1=CCCC(c2cc(C3=C4C=CC=CC4CC(CN/N=C/C4=CCCC=C4)=C3)ccc2Nc2cc3c(c(-c4ccc5c(c4)sc4ccccc45)c2)C=CCC3)=C1. The summed E-state index contributed by atoms with van der Waals surface area (Å²) in [6.07, 6.45) is 38.9. The molecule has 4 heteroatoms. The lowest BCUT2D eigenvalue weighted by molar-refractivity contribution is 0.693. The van der Waals surface area contributed by atoms with Gasteiger partial charge >= 0.3 is 0 Å². The maximum Gasteiger partial charge on any atom is 0.0543 e. The third-order valence-electron chi connectivity index (χ3n) is 11.7. The van der Waals surface area contributed by atoms with Crippen LogP contribution in [0.2, 0.25) is 0 Å². The van der Waals surface area contributed by atoms with Gasteiger partial charge in [0.25, 0.3) is 0 Å². The number of aryl methyl sites for hydroxylation is 1. The van der Waals surface area contributed by atoms with Crippen molar-refractivity contribution in [3.8, 4) is 11.1 Å². The molecule has 5 aliphatic carbocycles. The molecule has 0 bridgehead atoms. The fourth-order valence-electron chi connectivity index (χ4n) is 8.88. The van der Waals surface area contributed by atoms with E-state index < -0.39 is 0 Å². The summed E-state index contributed by atoms with van der Waals surface area (Å²) >= 11 is 1.89. The summed E-state index contributed by atoms with van der Waals surface area (Å²) < 4.78 is 2.68. The normalized spacial score (nSPS) is 18.6. The smallest absolute Gasteiger partial charge is 0.0543 e. The Hall–Kier alpha value is -5.97. The number of anilines is 2. The molecule has 1 aromatic heterocycles. The van der Waals surface area contributed by atoms with Gasteiger partial charge < -0.3 is 10.7 Å². The second-order valence-electron chi connectivity index (χ2n) is 15.4. The Balaban J connectivity index is 1.01. The minimum atomic E-state index is 0.359. The van der Waals surface area contributed by atoms with Gasteiger partial charge in [0.15, 0.2) is 0 Å². The summed E-state index contributed by atoms with van der Waals surface area (Å²) in [5.74, 6) is 0.359. The molecule has 0 amide bonds. The van der Waals surface area contributed by atoms with E-state index in [0.29, 0.717) is 5.92 Å². The number of benzene rings is 4. The number of rotatable bonds is 9. The lowest BCUT2D eigenvalue weighted by Gasteiger charge is -2.27. The second kappa shape index (κ2) is 15.3. The molecule has 5 aromatic rings. The van der Waals surface area contributed by atoms with Crippen molar-refractivity contribution in [3.63, 3.8) is 0 Å². The molecule has 10 rings (SSSR count). The Kier molecular flexibility index (Phi) is 9.42. The topological polar surface area (TPSA) is 36.4 Å². The Labute approximate surface area is 333 Å². The predicted molar refractivity (Wildman–Crippen MR) is 243 cm³/mol. The van der Waals surface area contributed by atoms with Crippen LogP contribution in [0, 0.1) is 5.92 Å². The van der Waals surface area contributed by atoms with Gasteiger partial charge in [-0.2, -0.15) is 5.10 Å². The Morgan fingerprint density at radius 3 is 2.59 bits per heavy atom. The molecule has 0 aliphatic heterocycles. The van der Waals surface area contributed by atoms with Gasteiger partial charge in [0, 0.05) is 43.0 Å². The molecule has 0 saturated carbocycles. The van der Waals surface area contributed by atoms with Crippen LogP contribution in [0.15, 0.2) is 168 Å². The first-order valence-corrected chi connectivity index (χ1v) is 21.0. The first-order valence-electron chi connectivity index (χ1n) is 20.2. The minimum absolute atomic E-state index is 0.359. The third kappa shape index (κ3) is 6.91. The van der Waals surface area contributed by atoms with Crippen molar-refractivity contribution < 1.29 is 0 Å². The number of thiophene rings is 1. The number of nitrogens with one attached hydrogen (secondary N) is 2. The minimum Gasteiger partial charge on any atom is -0.355 e. The first-order chi connectivity index (χ1) is 27.7. The fourth-order valence-corrected chi connectivity index (χ4v) is 10.0. The van der Waals surface area contributed by atoms with E-state index in [9.17, 15) is 0 Å². The van der Waals surface area contributed by atoms with E-state index in [-0.39, 0.29) is 0 Å². The van der Waals surface area contributed by atoms with Crippen molar-refractivity contribution in [2.45, 2.75) is 44.9 Å². The van der Waals surface area contributed by atoms with Crippen molar-refractivity contribution in [1.82, 2.24) is 5.43 Å². The molecule has 4 aromatic carbocycles. The Bertz CT molecular complexity index is 2700. The van der Waals surface area contributed by atoms with Crippen LogP contribution in [0.5, 0.6) is 0 Å². The molecule has 1 unspecified atom stereocenters. The molecule has 0 spiro atoms. The van der Waals surface area contributed by atoms with Gasteiger partial charge in [-0.3, -0.25) is 0 Å². The summed E-state index contributed by atoms with van der Waals surface area (Å²) in [5.41, 5.74) is 20.1. The molecule has 1 heterocycles. The molecule has 1 atom stereocenters. The largest absolute Gasteiger partial charge is 0.355 e. The number of hydrogen-bond donors (Lipinski definition) is 2. The zero-order chi connectivity index (χ0) is 37.3. The van der Waals surface area contributed by atoms with Crippen LogP contribution in [0.1, 0.15) is 60.8 Å². The Morgan fingerprint density at radius 1 is 0.750 bits per heavy atom. The van der Waals surface area contributed by atoms with E-state index in [1.54, 1.807) is 0 Å². The molecular formula is C52H45N3S. The molecule has 2 N–H and O–H groups in total. The van der Waals surface area contributed by atoms with Crippen molar-refractivity contribution in [2.75, 3.05) is 11.9 Å². The first kappa shape index (κ1) is 34.5. The van der Waals surface area contributed by atoms with E-state index >= 15 is 0 Å². The summed E-state index contributed by atoms with van der Waals surface area (Å²) in [6.45, 7) is 0.729. The van der Waals surface area contributed by atoms with Gasteiger partial charge in [-0.15, -0.1) is 11.3 Å². The number of allylic oxidation sites excluding steroid dienone is 16. The highest BCUT2D eigenvalue weighted by Gasteiger charge is 2.24. The molecule has 3 nitrogen and oxygen atoms in total. The number of nitrogens with zero attached hydrogens (tertiary/aromatic N) is 1. The van der Waals surface area contributed by atoms with E-state index in [0.717, 1.165) is 62.9 Å². The van der Waals surface area contributed by atoms with E-state index in [1.807, 2.05) is 17.6 Å². The van der Waals surface area contributed by atoms with Crippen LogP contribution < -0.4 is 10.7 Å². The maximum atomic E-state index is 4.58. The summed E-state index contributed by atoms with van der Waals surface area (Å²) in [4.78, 5) is 0. The lowest BCUT2D eigenvalue weighted by Crippen LogP contribution is -2.18. The van der Waals surface area contributed by atoms with Crippen LogP contribution in [0.3, 0.4) is 0 Å². The molecule has 0 radical (unpaired) electrons. The van der Waals surface area contributed by atoms with Crippen LogP contribution in [-0.2, 0) is 6.42 Å². The zero-order valence-corrected chi connectivity index (χ0v) is 32.4. The van der Waals surface area contributed by atoms with Crippen molar-refractivity contribution in [3.05, 3.63) is 185 Å². The number of hydrazone groups is 1. The predicted octanol–water partition coefficient (Wildman–Crippen LogP) is 13.8. The standard InChI is InChI=1S/C52H45N3S/c1-3-13-35(14-4-1)33-53-54-34-36-27-38-17-7-9-19-43(38)47(28-36)40-24-26-50(49(30-40)37-15-5-2-6-16-37)55-42-29-39-18-8-10-20-44(39)48(32-42)41-23-25-46-45-21-11-12-22-51(45)56-52(46)31-41/h2-3,5,7,9-15,17,19-26,28-33,38,54-55H,1,4,6,8,16,18,27,34H2/b53-33+. The molecule has 56 heavy (non-hydrogen) atoms. The quantitative estimate of drug-likeness (QED) is 0.116. The molecule has 5 aliphatic rings. The molecule has 274 valence electrons. The molecule has 0 fully saturated rings. The fraction of sp³-hybridized carbons (Fsp3) is 0.173. The highest BCUT2D eigenvalue weighted by atomic mass is 32.1. The van der Waals surface area contributed by atoms with Gasteiger partial charge in [0.2, 0.25) is 0 Å². The third-order valence-corrected chi connectivity index (χ3v) is 12.8. The Morgan fingerprint density at radius 2 is 1.66 bits per heavy atom. The molecule has 0 saturated heterocycles. The summed E-state index contributed by atoms with van der Waals surface area (Å²) in [7, 11) is 0. The average molecular weight is 744 g/mol. The van der Waals surface area contributed by atoms with E-state index in [1.165, 1.54) is 81.4 Å². The summed E-state index contributed by atoms with van der Waals surface area (Å²) in [6, 6.07) is 27.6. The van der Waals surface area contributed by atoms with Crippen LogP contribution in [0.25, 0.3) is 48.5 Å². The van der Waals surface area contributed by atoms with Crippen LogP contribution >= 0.6 is 11.3 Å². The average Bonchev–Trinajstić information content (AvgIpc) is 3.63. The number of fused-ring (bicyclic) bond motifs is 5. The van der Waals surface area contributed by atoms with E-state index in [2.05, 4.69) is 168 Å². The molecular weight excluding hydrogens is 699 g/mol. The van der Waals surface area contributed by atoms with Gasteiger partial charge in [-0.05, 0) is 137 Å². The second-order valence-corrected chi connectivity index (χ2v) is 16.5. The van der Waals surface area contributed by atoms with Crippen molar-refractivity contribution >= 4 is 66.3 Å². The van der Waals surface area contributed by atoms with Gasteiger partial charge in [0.05, 0.1) is 12.8 Å². The van der Waals surface area contributed by atoms with Crippen LogP contribution in [-0.4, -0.2) is 12.8 Å².